The van der Waals surface area contributed by atoms with Gasteiger partial charge in [-0.1, -0.05) is 12.8 Å². The summed E-state index contributed by atoms with van der Waals surface area (Å²) in [6.07, 6.45) is 5.75. The van der Waals surface area contributed by atoms with Gasteiger partial charge in [-0.15, -0.1) is 0 Å². The largest absolute Gasteiger partial charge is 0.469 e. The number of carbonyl (C=O) groups excluding carboxylic acids is 2. The smallest absolute Gasteiger partial charge is 0.305 e. The first kappa shape index (κ1) is 16.0. The molecule has 1 aliphatic rings. The molecule has 1 rings (SSSR count). The van der Waals surface area contributed by atoms with E-state index in [1.807, 2.05) is 18.9 Å². The van der Waals surface area contributed by atoms with E-state index in [0.717, 1.165) is 12.8 Å². The standard InChI is InChI=1S/C14H26N2O3/c1-11(14(18)15-12-7-4-5-8-12)16(2)10-6-9-13(17)19-3/h11-12H,4-10H2,1-3H3,(H,15,18). The molecule has 5 nitrogen and oxygen atoms in total. The van der Waals surface area contributed by atoms with E-state index in [4.69, 9.17) is 0 Å². The van der Waals surface area contributed by atoms with Crippen molar-refractivity contribution < 1.29 is 14.3 Å². The predicted octanol–water partition coefficient (Wildman–Crippen LogP) is 1.32. The van der Waals surface area contributed by atoms with Crippen molar-refractivity contribution in [3.63, 3.8) is 0 Å². The Balaban J connectivity index is 2.24. The zero-order valence-electron chi connectivity index (χ0n) is 12.3. The zero-order chi connectivity index (χ0) is 14.3. The molecule has 1 unspecified atom stereocenters. The fourth-order valence-corrected chi connectivity index (χ4v) is 2.36. The van der Waals surface area contributed by atoms with E-state index in [1.54, 1.807) is 0 Å². The average molecular weight is 270 g/mol. The van der Waals surface area contributed by atoms with Gasteiger partial charge in [-0.05, 0) is 39.8 Å². The van der Waals surface area contributed by atoms with Crippen molar-refractivity contribution in [3.05, 3.63) is 0 Å². The minimum Gasteiger partial charge on any atom is -0.469 e. The highest BCUT2D eigenvalue weighted by molar-refractivity contribution is 5.81. The lowest BCUT2D eigenvalue weighted by atomic mass is 10.2. The molecule has 110 valence electrons. The maximum absolute atomic E-state index is 12.0. The number of hydrogen-bond acceptors (Lipinski definition) is 4. The molecule has 0 radical (unpaired) electrons. The van der Waals surface area contributed by atoms with Gasteiger partial charge in [0.1, 0.15) is 0 Å². The molecule has 0 spiro atoms. The van der Waals surface area contributed by atoms with Crippen LogP contribution in [-0.4, -0.2) is 49.6 Å². The maximum Gasteiger partial charge on any atom is 0.305 e. The number of likely N-dealkylation sites (N-methyl/N-ethyl adjacent to an activating group) is 1. The first-order valence-corrected chi connectivity index (χ1v) is 7.12. The molecule has 19 heavy (non-hydrogen) atoms. The normalized spacial score (nSPS) is 17.5. The van der Waals surface area contributed by atoms with Gasteiger partial charge in [0.15, 0.2) is 0 Å². The zero-order valence-corrected chi connectivity index (χ0v) is 12.3. The molecule has 0 saturated heterocycles. The van der Waals surface area contributed by atoms with Gasteiger partial charge in [-0.2, -0.15) is 0 Å². The molecule has 0 aromatic carbocycles. The number of ether oxygens (including phenoxy) is 1. The van der Waals surface area contributed by atoms with Crippen molar-refractivity contribution in [2.24, 2.45) is 0 Å². The van der Waals surface area contributed by atoms with Crippen LogP contribution in [0.3, 0.4) is 0 Å². The molecule has 0 bridgehead atoms. The summed E-state index contributed by atoms with van der Waals surface area (Å²) in [6.45, 7) is 2.62. The Hall–Kier alpha value is -1.10. The minimum atomic E-state index is -0.198. The Kier molecular flexibility index (Phi) is 6.84. The van der Waals surface area contributed by atoms with Gasteiger partial charge >= 0.3 is 5.97 Å². The molecule has 0 heterocycles. The Morgan fingerprint density at radius 2 is 2.00 bits per heavy atom. The highest BCUT2D eigenvalue weighted by Gasteiger charge is 2.22. The second-order valence-corrected chi connectivity index (χ2v) is 5.33. The summed E-state index contributed by atoms with van der Waals surface area (Å²) in [6, 6.07) is 0.205. The molecular weight excluding hydrogens is 244 g/mol. The van der Waals surface area contributed by atoms with Crippen molar-refractivity contribution in [2.45, 2.75) is 57.5 Å². The summed E-state index contributed by atoms with van der Waals surface area (Å²) >= 11 is 0. The SMILES string of the molecule is COC(=O)CCCN(C)C(C)C(=O)NC1CCCC1. The van der Waals surface area contributed by atoms with Crippen LogP contribution in [0.4, 0.5) is 0 Å². The van der Waals surface area contributed by atoms with Gasteiger partial charge in [0.2, 0.25) is 5.91 Å². The number of nitrogens with one attached hydrogen (secondary N) is 1. The molecule has 1 aliphatic carbocycles. The quantitative estimate of drug-likeness (QED) is 0.709. The van der Waals surface area contributed by atoms with Gasteiger partial charge in [0.25, 0.3) is 0 Å². The highest BCUT2D eigenvalue weighted by Crippen LogP contribution is 2.17. The van der Waals surface area contributed by atoms with E-state index in [-0.39, 0.29) is 17.9 Å². The maximum atomic E-state index is 12.0. The fourth-order valence-electron chi connectivity index (χ4n) is 2.36. The average Bonchev–Trinajstić information content (AvgIpc) is 2.90. The second-order valence-electron chi connectivity index (χ2n) is 5.33. The van der Waals surface area contributed by atoms with Crippen molar-refractivity contribution in [1.29, 1.82) is 0 Å². The van der Waals surface area contributed by atoms with Crippen LogP contribution >= 0.6 is 0 Å². The molecule has 1 fully saturated rings. The van der Waals surface area contributed by atoms with Crippen LogP contribution in [0.1, 0.15) is 45.4 Å². The number of carbonyl (C=O) groups is 2. The van der Waals surface area contributed by atoms with Crippen molar-refractivity contribution in [3.8, 4) is 0 Å². The van der Waals surface area contributed by atoms with E-state index in [2.05, 4.69) is 10.1 Å². The van der Waals surface area contributed by atoms with Gasteiger partial charge in [-0.3, -0.25) is 14.5 Å². The number of hydrogen-bond donors (Lipinski definition) is 1. The number of esters is 1. The summed E-state index contributed by atoms with van der Waals surface area (Å²) < 4.78 is 4.59. The van der Waals surface area contributed by atoms with Crippen molar-refractivity contribution in [2.75, 3.05) is 20.7 Å². The summed E-state index contributed by atoms with van der Waals surface area (Å²) in [7, 11) is 3.31. The van der Waals surface area contributed by atoms with Gasteiger partial charge in [-0.25, -0.2) is 0 Å². The number of methoxy groups -OCH3 is 1. The molecule has 1 amide bonds. The molecule has 1 saturated carbocycles. The second kappa shape index (κ2) is 8.15. The number of rotatable bonds is 7. The summed E-state index contributed by atoms with van der Waals surface area (Å²) in [5.74, 6) is -0.107. The van der Waals surface area contributed by atoms with Crippen LogP contribution in [-0.2, 0) is 14.3 Å². The highest BCUT2D eigenvalue weighted by atomic mass is 16.5. The first-order chi connectivity index (χ1) is 9.04. The monoisotopic (exact) mass is 270 g/mol. The molecule has 1 N–H and O–H groups in total. The Bertz CT molecular complexity index is 301. The topological polar surface area (TPSA) is 58.6 Å². The molecule has 0 aromatic heterocycles. The van der Waals surface area contributed by atoms with E-state index in [9.17, 15) is 9.59 Å². The fraction of sp³-hybridized carbons (Fsp3) is 0.857. The molecule has 0 aromatic rings. The lowest BCUT2D eigenvalue weighted by molar-refractivity contribution is -0.140. The molecule has 1 atom stereocenters. The predicted molar refractivity (Wildman–Crippen MR) is 73.7 cm³/mol. The number of nitrogens with zero attached hydrogens (tertiary/aromatic N) is 1. The first-order valence-electron chi connectivity index (χ1n) is 7.12. The third-order valence-corrected chi connectivity index (χ3v) is 3.86. The number of amides is 1. The van der Waals surface area contributed by atoms with Gasteiger partial charge < -0.3 is 10.1 Å². The third-order valence-electron chi connectivity index (χ3n) is 3.86. The van der Waals surface area contributed by atoms with Crippen LogP contribution < -0.4 is 5.32 Å². The Labute approximate surface area is 115 Å². The Morgan fingerprint density at radius 3 is 2.58 bits per heavy atom. The summed E-state index contributed by atoms with van der Waals surface area (Å²) in [5.41, 5.74) is 0. The lowest BCUT2D eigenvalue weighted by Gasteiger charge is -2.25. The Morgan fingerprint density at radius 1 is 1.37 bits per heavy atom. The van der Waals surface area contributed by atoms with Crippen LogP contribution in [0.25, 0.3) is 0 Å². The minimum absolute atomic E-state index is 0.0902. The van der Waals surface area contributed by atoms with E-state index >= 15 is 0 Å². The van der Waals surface area contributed by atoms with E-state index in [0.29, 0.717) is 25.4 Å². The van der Waals surface area contributed by atoms with E-state index < -0.39 is 0 Å². The molecular formula is C14H26N2O3. The van der Waals surface area contributed by atoms with Gasteiger partial charge in [0, 0.05) is 12.5 Å². The molecule has 0 aliphatic heterocycles. The van der Waals surface area contributed by atoms with Crippen molar-refractivity contribution >= 4 is 11.9 Å². The van der Waals surface area contributed by atoms with Crippen molar-refractivity contribution in [1.82, 2.24) is 10.2 Å². The van der Waals surface area contributed by atoms with Crippen LogP contribution in [0.5, 0.6) is 0 Å². The summed E-state index contributed by atoms with van der Waals surface area (Å²) in [5, 5.41) is 3.10. The molecule has 5 heteroatoms. The van der Waals surface area contributed by atoms with Crippen LogP contribution in [0.15, 0.2) is 0 Å². The summed E-state index contributed by atoms with van der Waals surface area (Å²) in [4.78, 5) is 25.0. The van der Waals surface area contributed by atoms with E-state index in [1.165, 1.54) is 20.0 Å². The third kappa shape index (κ3) is 5.59. The van der Waals surface area contributed by atoms with Crippen LogP contribution in [0, 0.1) is 0 Å². The van der Waals surface area contributed by atoms with Gasteiger partial charge in [0.05, 0.1) is 13.2 Å². The van der Waals surface area contributed by atoms with Crippen LogP contribution in [0.2, 0.25) is 0 Å². The lowest BCUT2D eigenvalue weighted by Crippen LogP contribution is -2.46.